The number of hydrogen-bond acceptors (Lipinski definition) is 3. The highest BCUT2D eigenvalue weighted by Crippen LogP contribution is 2.21. The second-order valence-corrected chi connectivity index (χ2v) is 8.21. The van der Waals surface area contributed by atoms with Crippen LogP contribution >= 0.6 is 23.2 Å². The number of hydrogen-bond donors (Lipinski definition) is 2. The highest BCUT2D eigenvalue weighted by molar-refractivity contribution is 6.36. The van der Waals surface area contributed by atoms with Crippen molar-refractivity contribution in [2.45, 2.75) is 45.6 Å². The van der Waals surface area contributed by atoms with Gasteiger partial charge in [-0.2, -0.15) is 0 Å². The number of nitrogens with zero attached hydrogens (tertiary/aromatic N) is 1. The van der Waals surface area contributed by atoms with E-state index in [1.165, 1.54) is 25.3 Å². The molecule has 7 heteroatoms. The van der Waals surface area contributed by atoms with Crippen molar-refractivity contribution >= 4 is 35.0 Å². The summed E-state index contributed by atoms with van der Waals surface area (Å²) >= 11 is 12.0. The first kappa shape index (κ1) is 22.0. The third-order valence-electron chi connectivity index (χ3n) is 4.81. The number of carbonyl (C=O) groups is 2. The molecule has 1 aliphatic rings. The lowest BCUT2D eigenvalue weighted by molar-refractivity contribution is -0.123. The van der Waals surface area contributed by atoms with Crippen molar-refractivity contribution in [1.82, 2.24) is 15.5 Å². The van der Waals surface area contributed by atoms with Gasteiger partial charge in [-0.05, 0) is 63.0 Å². The van der Waals surface area contributed by atoms with Gasteiger partial charge in [0.25, 0.3) is 5.91 Å². The van der Waals surface area contributed by atoms with Gasteiger partial charge in [0, 0.05) is 11.6 Å². The number of amides is 2. The predicted molar refractivity (Wildman–Crippen MR) is 110 cm³/mol. The summed E-state index contributed by atoms with van der Waals surface area (Å²) < 4.78 is 0. The van der Waals surface area contributed by atoms with Crippen LogP contribution in [0.5, 0.6) is 0 Å². The minimum absolute atomic E-state index is 0.0397. The zero-order valence-electron chi connectivity index (χ0n) is 16.1. The number of piperidine rings is 1. The Kier molecular flexibility index (Phi) is 8.87. The second kappa shape index (κ2) is 10.9. The zero-order valence-corrected chi connectivity index (χ0v) is 17.6. The second-order valence-electron chi connectivity index (χ2n) is 7.37. The van der Waals surface area contributed by atoms with Crippen LogP contribution in [0.4, 0.5) is 0 Å². The maximum absolute atomic E-state index is 12.5. The van der Waals surface area contributed by atoms with Gasteiger partial charge in [0.1, 0.15) is 6.04 Å². The largest absolute Gasteiger partial charge is 0.354 e. The highest BCUT2D eigenvalue weighted by Gasteiger charge is 2.25. The summed E-state index contributed by atoms with van der Waals surface area (Å²) in [6.45, 7) is 7.72. The summed E-state index contributed by atoms with van der Waals surface area (Å²) in [7, 11) is 0. The standard InChI is InChI=1S/C20H29Cl2N3O2/c1-14(2)18(24-19(26)16-8-7-15(21)13-17(16)22)20(27)23-9-6-12-25-10-4-3-5-11-25/h7-8,13-14,18H,3-6,9-12H2,1-2H3,(H,23,27)(H,24,26). The topological polar surface area (TPSA) is 61.4 Å². The van der Waals surface area contributed by atoms with Crippen molar-refractivity contribution < 1.29 is 9.59 Å². The van der Waals surface area contributed by atoms with E-state index in [-0.39, 0.29) is 22.8 Å². The predicted octanol–water partition coefficient (Wildman–Crippen LogP) is 3.74. The first-order valence-corrected chi connectivity index (χ1v) is 10.4. The fraction of sp³-hybridized carbons (Fsp3) is 0.600. The van der Waals surface area contributed by atoms with E-state index in [4.69, 9.17) is 23.2 Å². The van der Waals surface area contributed by atoms with Crippen molar-refractivity contribution in [3.05, 3.63) is 33.8 Å². The smallest absolute Gasteiger partial charge is 0.253 e. The van der Waals surface area contributed by atoms with Gasteiger partial charge in [-0.15, -0.1) is 0 Å². The van der Waals surface area contributed by atoms with E-state index < -0.39 is 6.04 Å². The summed E-state index contributed by atoms with van der Waals surface area (Å²) in [5.74, 6) is -0.581. The van der Waals surface area contributed by atoms with Gasteiger partial charge in [0.15, 0.2) is 0 Å². The molecule has 0 spiro atoms. The lowest BCUT2D eigenvalue weighted by Crippen LogP contribution is -2.50. The number of rotatable bonds is 8. The first-order valence-electron chi connectivity index (χ1n) is 9.64. The maximum Gasteiger partial charge on any atom is 0.253 e. The van der Waals surface area contributed by atoms with Gasteiger partial charge >= 0.3 is 0 Å². The fourth-order valence-corrected chi connectivity index (χ4v) is 3.73. The Morgan fingerprint density at radius 3 is 2.48 bits per heavy atom. The van der Waals surface area contributed by atoms with Crippen molar-refractivity contribution in [2.75, 3.05) is 26.2 Å². The third-order valence-corrected chi connectivity index (χ3v) is 5.36. The van der Waals surface area contributed by atoms with Crippen LogP contribution in [0.25, 0.3) is 0 Å². The molecular weight excluding hydrogens is 385 g/mol. The van der Waals surface area contributed by atoms with Gasteiger partial charge < -0.3 is 15.5 Å². The molecule has 5 nitrogen and oxygen atoms in total. The summed E-state index contributed by atoms with van der Waals surface area (Å²) in [6, 6.07) is 4.07. The van der Waals surface area contributed by atoms with Crippen LogP contribution in [0.1, 0.15) is 49.9 Å². The molecule has 1 aliphatic heterocycles. The lowest BCUT2D eigenvalue weighted by atomic mass is 10.0. The van der Waals surface area contributed by atoms with Crippen LogP contribution in [0, 0.1) is 5.92 Å². The van der Waals surface area contributed by atoms with Crippen molar-refractivity contribution in [2.24, 2.45) is 5.92 Å². The van der Waals surface area contributed by atoms with Gasteiger partial charge in [0.2, 0.25) is 5.91 Å². The molecule has 0 saturated carbocycles. The van der Waals surface area contributed by atoms with Crippen LogP contribution in [-0.2, 0) is 4.79 Å². The molecule has 1 aromatic carbocycles. The summed E-state index contributed by atoms with van der Waals surface area (Å²) in [5.41, 5.74) is 0.310. The van der Waals surface area contributed by atoms with Gasteiger partial charge in [-0.1, -0.05) is 43.5 Å². The summed E-state index contributed by atoms with van der Waals surface area (Å²) in [5, 5.41) is 6.47. The molecule has 0 aromatic heterocycles. The van der Waals surface area contributed by atoms with Crippen molar-refractivity contribution in [3.63, 3.8) is 0 Å². The minimum atomic E-state index is -0.612. The molecule has 2 N–H and O–H groups in total. The van der Waals surface area contributed by atoms with E-state index in [1.807, 2.05) is 13.8 Å². The van der Waals surface area contributed by atoms with Crippen molar-refractivity contribution in [3.8, 4) is 0 Å². The normalized spacial score (nSPS) is 16.2. The SMILES string of the molecule is CC(C)C(NC(=O)c1ccc(Cl)cc1Cl)C(=O)NCCCN1CCCCC1. The van der Waals surface area contributed by atoms with E-state index in [2.05, 4.69) is 15.5 Å². The molecule has 1 atom stereocenters. The Balaban J connectivity index is 1.83. The number of benzene rings is 1. The van der Waals surface area contributed by atoms with E-state index in [0.717, 1.165) is 26.1 Å². The molecule has 0 bridgehead atoms. The van der Waals surface area contributed by atoms with Crippen LogP contribution < -0.4 is 10.6 Å². The molecule has 2 rings (SSSR count). The number of halogens is 2. The average Bonchev–Trinajstić information content (AvgIpc) is 2.63. The van der Waals surface area contributed by atoms with Gasteiger partial charge in [0.05, 0.1) is 10.6 Å². The number of carbonyl (C=O) groups excluding carboxylic acids is 2. The minimum Gasteiger partial charge on any atom is -0.354 e. The van der Waals surface area contributed by atoms with E-state index in [1.54, 1.807) is 12.1 Å². The first-order chi connectivity index (χ1) is 12.9. The van der Waals surface area contributed by atoms with Crippen LogP contribution in [0.15, 0.2) is 18.2 Å². The zero-order chi connectivity index (χ0) is 19.8. The number of likely N-dealkylation sites (tertiary alicyclic amines) is 1. The summed E-state index contributed by atoms with van der Waals surface area (Å²) in [4.78, 5) is 27.5. The molecule has 1 saturated heterocycles. The molecule has 0 aliphatic carbocycles. The van der Waals surface area contributed by atoms with E-state index in [9.17, 15) is 9.59 Å². The van der Waals surface area contributed by atoms with E-state index in [0.29, 0.717) is 17.1 Å². The molecule has 1 fully saturated rings. The molecule has 150 valence electrons. The molecule has 1 unspecified atom stereocenters. The third kappa shape index (κ3) is 6.98. The lowest BCUT2D eigenvalue weighted by Gasteiger charge is -2.26. The summed E-state index contributed by atoms with van der Waals surface area (Å²) in [6.07, 6.45) is 4.76. The van der Waals surface area contributed by atoms with Crippen LogP contribution in [-0.4, -0.2) is 48.9 Å². The Labute approximate surface area is 171 Å². The molecule has 0 radical (unpaired) electrons. The Hall–Kier alpha value is -1.30. The monoisotopic (exact) mass is 413 g/mol. The van der Waals surface area contributed by atoms with Gasteiger partial charge in [-0.25, -0.2) is 0 Å². The number of nitrogens with one attached hydrogen (secondary N) is 2. The van der Waals surface area contributed by atoms with Crippen LogP contribution in [0.2, 0.25) is 10.0 Å². The molecule has 2 amide bonds. The molecule has 27 heavy (non-hydrogen) atoms. The Morgan fingerprint density at radius 2 is 1.85 bits per heavy atom. The van der Waals surface area contributed by atoms with E-state index >= 15 is 0 Å². The molecule has 1 aromatic rings. The fourth-order valence-electron chi connectivity index (χ4n) is 3.23. The van der Waals surface area contributed by atoms with Crippen LogP contribution in [0.3, 0.4) is 0 Å². The molecule has 1 heterocycles. The Bertz CT molecular complexity index is 646. The maximum atomic E-state index is 12.5. The van der Waals surface area contributed by atoms with Crippen molar-refractivity contribution in [1.29, 1.82) is 0 Å². The average molecular weight is 414 g/mol. The van der Waals surface area contributed by atoms with Gasteiger partial charge in [-0.3, -0.25) is 9.59 Å². The Morgan fingerprint density at radius 1 is 1.15 bits per heavy atom. The molecular formula is C20H29Cl2N3O2. The highest BCUT2D eigenvalue weighted by atomic mass is 35.5. The quantitative estimate of drug-likeness (QED) is 0.637.